The standard InChI is InChI=1S/C21H16O5/c1-12-2-8-16(18(10-12)21(25)26)20(13-3-5-14(22)6-4-13)17-9-7-15(23)11-19(17)24/h2-10,22H,11H2,1H3,(H,25,26)/b20-17+. The molecule has 1 aliphatic rings. The van der Waals surface area contributed by atoms with Gasteiger partial charge in [-0.25, -0.2) is 4.79 Å². The minimum atomic E-state index is -1.11. The molecular formula is C21H16O5. The summed E-state index contributed by atoms with van der Waals surface area (Å²) >= 11 is 0. The highest BCUT2D eigenvalue weighted by Crippen LogP contribution is 2.33. The van der Waals surface area contributed by atoms with Gasteiger partial charge in [-0.05, 0) is 48.4 Å². The van der Waals surface area contributed by atoms with E-state index in [0.29, 0.717) is 16.7 Å². The maximum absolute atomic E-state index is 12.5. The number of aromatic hydroxyl groups is 1. The van der Waals surface area contributed by atoms with Gasteiger partial charge >= 0.3 is 5.97 Å². The van der Waals surface area contributed by atoms with Crippen LogP contribution in [0.5, 0.6) is 5.75 Å². The number of rotatable bonds is 3. The van der Waals surface area contributed by atoms with Gasteiger partial charge in [0, 0.05) is 11.1 Å². The summed E-state index contributed by atoms with van der Waals surface area (Å²) in [6.45, 7) is 1.79. The fourth-order valence-corrected chi connectivity index (χ4v) is 2.94. The van der Waals surface area contributed by atoms with Crippen LogP contribution in [0.4, 0.5) is 0 Å². The fourth-order valence-electron chi connectivity index (χ4n) is 2.94. The third-order valence-electron chi connectivity index (χ3n) is 4.17. The van der Waals surface area contributed by atoms with Crippen molar-refractivity contribution in [2.24, 2.45) is 0 Å². The summed E-state index contributed by atoms with van der Waals surface area (Å²) in [5, 5.41) is 19.2. The van der Waals surface area contributed by atoms with Crippen LogP contribution in [-0.2, 0) is 9.59 Å². The Kier molecular flexibility index (Phi) is 4.54. The van der Waals surface area contributed by atoms with Gasteiger partial charge in [0.2, 0.25) is 0 Å². The van der Waals surface area contributed by atoms with Crippen LogP contribution >= 0.6 is 0 Å². The highest BCUT2D eigenvalue weighted by Gasteiger charge is 2.24. The third-order valence-corrected chi connectivity index (χ3v) is 4.17. The molecule has 0 aromatic heterocycles. The van der Waals surface area contributed by atoms with E-state index in [2.05, 4.69) is 0 Å². The maximum atomic E-state index is 12.5. The Hall–Kier alpha value is -3.47. The van der Waals surface area contributed by atoms with Crippen molar-refractivity contribution in [3.05, 3.63) is 82.4 Å². The highest BCUT2D eigenvalue weighted by molar-refractivity contribution is 6.20. The van der Waals surface area contributed by atoms with Crippen molar-refractivity contribution in [3.63, 3.8) is 0 Å². The van der Waals surface area contributed by atoms with Crippen molar-refractivity contribution < 1.29 is 24.6 Å². The van der Waals surface area contributed by atoms with Gasteiger partial charge in [-0.3, -0.25) is 9.59 Å². The van der Waals surface area contributed by atoms with Crippen molar-refractivity contribution in [2.75, 3.05) is 0 Å². The van der Waals surface area contributed by atoms with E-state index in [1.54, 1.807) is 37.3 Å². The molecule has 26 heavy (non-hydrogen) atoms. The number of ketones is 2. The molecule has 5 heteroatoms. The lowest BCUT2D eigenvalue weighted by Gasteiger charge is -2.17. The van der Waals surface area contributed by atoms with Crippen molar-refractivity contribution in [2.45, 2.75) is 13.3 Å². The summed E-state index contributed by atoms with van der Waals surface area (Å²) in [5.41, 5.74) is 2.52. The average molecular weight is 348 g/mol. The molecule has 5 nitrogen and oxygen atoms in total. The number of allylic oxidation sites excluding steroid dienone is 3. The molecule has 1 aliphatic carbocycles. The van der Waals surface area contributed by atoms with Crippen LogP contribution in [0.1, 0.15) is 33.5 Å². The lowest BCUT2D eigenvalue weighted by atomic mass is 9.85. The van der Waals surface area contributed by atoms with E-state index in [4.69, 9.17) is 0 Å². The molecule has 0 radical (unpaired) electrons. The van der Waals surface area contributed by atoms with Crippen LogP contribution in [0.25, 0.3) is 5.57 Å². The predicted octanol–water partition coefficient (Wildman–Crippen LogP) is 3.30. The summed E-state index contributed by atoms with van der Waals surface area (Å²) in [4.78, 5) is 35.8. The van der Waals surface area contributed by atoms with Gasteiger partial charge in [-0.15, -0.1) is 0 Å². The van der Waals surface area contributed by atoms with Crippen LogP contribution in [0, 0.1) is 6.92 Å². The predicted molar refractivity (Wildman–Crippen MR) is 96.0 cm³/mol. The number of aromatic carboxylic acids is 1. The molecule has 2 N–H and O–H groups in total. The number of phenols is 1. The number of carbonyl (C=O) groups is 3. The zero-order valence-corrected chi connectivity index (χ0v) is 14.0. The number of carboxylic acid groups (broad SMARTS) is 1. The van der Waals surface area contributed by atoms with Crippen molar-refractivity contribution >= 4 is 23.1 Å². The van der Waals surface area contributed by atoms with Gasteiger partial charge in [0.15, 0.2) is 11.6 Å². The van der Waals surface area contributed by atoms with Crippen molar-refractivity contribution in [1.29, 1.82) is 0 Å². The van der Waals surface area contributed by atoms with Crippen LogP contribution < -0.4 is 0 Å². The number of carboxylic acids is 1. The zero-order chi connectivity index (χ0) is 18.8. The monoisotopic (exact) mass is 348 g/mol. The van der Waals surface area contributed by atoms with E-state index in [1.807, 2.05) is 0 Å². The van der Waals surface area contributed by atoms with Crippen molar-refractivity contribution in [3.8, 4) is 5.75 Å². The number of phenolic OH excluding ortho intramolecular Hbond substituents is 1. The maximum Gasteiger partial charge on any atom is 0.336 e. The topological polar surface area (TPSA) is 91.7 Å². The lowest BCUT2D eigenvalue weighted by Crippen LogP contribution is -2.15. The second-order valence-electron chi connectivity index (χ2n) is 6.09. The van der Waals surface area contributed by atoms with Gasteiger partial charge in [-0.2, -0.15) is 0 Å². The number of aryl methyl sites for hydroxylation is 1. The van der Waals surface area contributed by atoms with E-state index < -0.39 is 5.97 Å². The molecule has 0 fully saturated rings. The average Bonchev–Trinajstić information content (AvgIpc) is 2.59. The first-order valence-electron chi connectivity index (χ1n) is 7.99. The first-order chi connectivity index (χ1) is 12.4. The van der Waals surface area contributed by atoms with E-state index >= 15 is 0 Å². The van der Waals surface area contributed by atoms with Gasteiger partial charge in [0.05, 0.1) is 12.0 Å². The molecule has 0 aliphatic heterocycles. The molecule has 0 amide bonds. The number of benzene rings is 2. The molecule has 0 bridgehead atoms. The molecule has 0 spiro atoms. The van der Waals surface area contributed by atoms with E-state index in [9.17, 15) is 24.6 Å². The number of Topliss-reactive ketones (excluding diaryl/α,β-unsaturated/α-hetero) is 1. The molecule has 0 atom stereocenters. The third kappa shape index (κ3) is 3.32. The molecule has 0 saturated carbocycles. The lowest BCUT2D eigenvalue weighted by molar-refractivity contribution is -0.122. The fraction of sp³-hybridized carbons (Fsp3) is 0.0952. The first kappa shape index (κ1) is 17.4. The summed E-state index contributed by atoms with van der Waals surface area (Å²) in [7, 11) is 0. The zero-order valence-electron chi connectivity index (χ0n) is 14.0. The smallest absolute Gasteiger partial charge is 0.336 e. The Labute approximate surface area is 149 Å². The van der Waals surface area contributed by atoms with E-state index in [1.165, 1.54) is 24.3 Å². The Morgan fingerprint density at radius 1 is 0.962 bits per heavy atom. The molecule has 0 saturated heterocycles. The molecule has 0 heterocycles. The van der Waals surface area contributed by atoms with Gasteiger partial charge in [0.1, 0.15) is 5.75 Å². The first-order valence-corrected chi connectivity index (χ1v) is 7.99. The summed E-state index contributed by atoms with van der Waals surface area (Å²) < 4.78 is 0. The molecule has 0 unspecified atom stereocenters. The SMILES string of the molecule is Cc1ccc(/C(=C2\C=CC(=O)CC2=O)c2ccc(O)cc2)c(C(=O)O)c1. The number of carbonyl (C=O) groups excluding carboxylic acids is 2. The summed E-state index contributed by atoms with van der Waals surface area (Å²) in [5.74, 6) is -1.70. The summed E-state index contributed by atoms with van der Waals surface area (Å²) in [6, 6.07) is 11.1. The second kappa shape index (κ2) is 6.80. The Bertz CT molecular complexity index is 978. The van der Waals surface area contributed by atoms with Crippen LogP contribution in [0.3, 0.4) is 0 Å². The minimum absolute atomic E-state index is 0.0566. The Morgan fingerprint density at radius 3 is 2.27 bits per heavy atom. The van der Waals surface area contributed by atoms with Gasteiger partial charge < -0.3 is 10.2 Å². The van der Waals surface area contributed by atoms with Crippen LogP contribution in [-0.4, -0.2) is 27.7 Å². The summed E-state index contributed by atoms with van der Waals surface area (Å²) in [6.07, 6.45) is 2.51. The highest BCUT2D eigenvalue weighted by atomic mass is 16.4. The molecule has 130 valence electrons. The van der Waals surface area contributed by atoms with Crippen LogP contribution in [0.2, 0.25) is 0 Å². The second-order valence-corrected chi connectivity index (χ2v) is 6.09. The quantitative estimate of drug-likeness (QED) is 0.656. The number of hydrogen-bond donors (Lipinski definition) is 2. The van der Waals surface area contributed by atoms with Crippen molar-refractivity contribution in [1.82, 2.24) is 0 Å². The minimum Gasteiger partial charge on any atom is -0.508 e. The van der Waals surface area contributed by atoms with E-state index in [-0.39, 0.29) is 34.9 Å². The van der Waals surface area contributed by atoms with Crippen LogP contribution in [0.15, 0.2) is 60.2 Å². The molecule has 3 rings (SSSR count). The molecular weight excluding hydrogens is 332 g/mol. The largest absolute Gasteiger partial charge is 0.508 e. The normalized spacial score (nSPS) is 15.9. The Balaban J connectivity index is 2.35. The van der Waals surface area contributed by atoms with Gasteiger partial charge in [0.25, 0.3) is 0 Å². The Morgan fingerprint density at radius 2 is 1.65 bits per heavy atom. The number of hydrogen-bond acceptors (Lipinski definition) is 4. The molecule has 2 aromatic rings. The molecule has 2 aromatic carbocycles. The van der Waals surface area contributed by atoms with Gasteiger partial charge in [-0.1, -0.05) is 29.8 Å². The van der Waals surface area contributed by atoms with E-state index in [0.717, 1.165) is 5.56 Å².